The van der Waals surface area contributed by atoms with Crippen molar-refractivity contribution in [3.8, 4) is 0 Å². The van der Waals surface area contributed by atoms with E-state index in [0.29, 0.717) is 0 Å². The maximum Gasteiger partial charge on any atom is 0.313 e. The zero-order valence-electron chi connectivity index (χ0n) is 6.40. The number of hydrogen-bond donors (Lipinski definition) is 0. The first-order valence-corrected chi connectivity index (χ1v) is 4.10. The Bertz CT molecular complexity index is 233. The van der Waals surface area contributed by atoms with Crippen molar-refractivity contribution in [3.05, 3.63) is 16.6 Å². The number of carbonyl (C=O) groups excluding carboxylic acids is 1. The number of aromatic nitrogens is 1. The van der Waals surface area contributed by atoms with Gasteiger partial charge in [0.1, 0.15) is 0 Å². The van der Waals surface area contributed by atoms with E-state index in [1.54, 1.807) is 18.6 Å². The number of hydrogen-bond acceptors (Lipinski definition) is 4. The van der Waals surface area contributed by atoms with Crippen LogP contribution in [0.25, 0.3) is 0 Å². The highest BCUT2D eigenvalue weighted by molar-refractivity contribution is 7.09. The summed E-state index contributed by atoms with van der Waals surface area (Å²) in [5.41, 5.74) is 1.70. The second kappa shape index (κ2) is 3.48. The van der Waals surface area contributed by atoms with Crippen LogP contribution in [0.3, 0.4) is 0 Å². The summed E-state index contributed by atoms with van der Waals surface area (Å²) >= 11 is 1.46. The fraction of sp³-hybridized carbons (Fsp3) is 0.429. The summed E-state index contributed by atoms with van der Waals surface area (Å²) < 4.78 is 4.58. The van der Waals surface area contributed by atoms with Crippen molar-refractivity contribution < 1.29 is 9.53 Å². The van der Waals surface area contributed by atoms with E-state index in [-0.39, 0.29) is 11.9 Å². The fourth-order valence-corrected chi connectivity index (χ4v) is 1.40. The lowest BCUT2D eigenvalue weighted by Crippen LogP contribution is -2.09. The first-order valence-electron chi connectivity index (χ1n) is 3.22. The lowest BCUT2D eigenvalue weighted by atomic mass is 10.1. The van der Waals surface area contributed by atoms with Gasteiger partial charge in [-0.1, -0.05) is 0 Å². The predicted octanol–water partition coefficient (Wildman–Crippen LogP) is 1.42. The molecule has 1 rings (SSSR count). The van der Waals surface area contributed by atoms with Gasteiger partial charge in [-0.25, -0.2) is 0 Å². The normalized spacial score (nSPS) is 12.5. The summed E-state index contributed by atoms with van der Waals surface area (Å²) in [7, 11) is 1.39. The molecule has 0 saturated heterocycles. The van der Waals surface area contributed by atoms with Crippen molar-refractivity contribution in [1.29, 1.82) is 0 Å². The van der Waals surface area contributed by atoms with Crippen LogP contribution in [0, 0.1) is 0 Å². The van der Waals surface area contributed by atoms with Crippen molar-refractivity contribution in [2.75, 3.05) is 7.11 Å². The Morgan fingerprint density at radius 3 is 3.00 bits per heavy atom. The number of esters is 1. The summed E-state index contributed by atoms with van der Waals surface area (Å²) in [4.78, 5) is 15.8. The number of carbonyl (C=O) groups is 1. The molecule has 0 spiro atoms. The maximum atomic E-state index is 11.0. The topological polar surface area (TPSA) is 39.2 Å². The highest BCUT2D eigenvalue weighted by Gasteiger charge is 2.16. The van der Waals surface area contributed by atoms with Gasteiger partial charge < -0.3 is 4.74 Å². The number of nitrogens with zero attached hydrogens (tertiary/aromatic N) is 1. The number of methoxy groups -OCH3 is 1. The minimum atomic E-state index is -0.214. The summed E-state index contributed by atoms with van der Waals surface area (Å²) in [6, 6.07) is 0. The van der Waals surface area contributed by atoms with E-state index in [2.05, 4.69) is 9.72 Å². The van der Waals surface area contributed by atoms with Crippen LogP contribution in [-0.2, 0) is 9.53 Å². The Labute approximate surface area is 69.0 Å². The average molecular weight is 171 g/mol. The van der Waals surface area contributed by atoms with Crippen molar-refractivity contribution >= 4 is 17.3 Å². The molecule has 60 valence electrons. The van der Waals surface area contributed by atoms with Gasteiger partial charge in [-0.3, -0.25) is 9.78 Å². The van der Waals surface area contributed by atoms with Crippen LogP contribution >= 0.6 is 11.3 Å². The molecule has 1 aromatic heterocycles. The van der Waals surface area contributed by atoms with Gasteiger partial charge in [-0.15, -0.1) is 11.3 Å². The molecule has 1 unspecified atom stereocenters. The third kappa shape index (κ3) is 1.77. The summed E-state index contributed by atoms with van der Waals surface area (Å²) in [5, 5.41) is 0. The highest BCUT2D eigenvalue weighted by atomic mass is 32.1. The minimum absolute atomic E-state index is 0.188. The molecule has 1 aromatic rings. The Hall–Kier alpha value is -0.900. The summed E-state index contributed by atoms with van der Waals surface area (Å²) in [6.45, 7) is 1.80. The third-order valence-corrected chi connectivity index (χ3v) is 2.39. The Morgan fingerprint density at radius 2 is 2.55 bits per heavy atom. The largest absolute Gasteiger partial charge is 0.469 e. The summed E-state index contributed by atoms with van der Waals surface area (Å²) in [6.07, 6.45) is 1.69. The predicted molar refractivity (Wildman–Crippen MR) is 42.5 cm³/mol. The minimum Gasteiger partial charge on any atom is -0.469 e. The molecule has 0 aliphatic heterocycles. The second-order valence-corrected chi connectivity index (χ2v) is 3.07. The van der Waals surface area contributed by atoms with E-state index in [4.69, 9.17) is 0 Å². The fourth-order valence-electron chi connectivity index (χ4n) is 0.732. The molecule has 0 aromatic carbocycles. The molecule has 11 heavy (non-hydrogen) atoms. The van der Waals surface area contributed by atoms with Gasteiger partial charge in [0.2, 0.25) is 0 Å². The van der Waals surface area contributed by atoms with Gasteiger partial charge in [0.15, 0.2) is 0 Å². The lowest BCUT2D eigenvalue weighted by molar-refractivity contribution is -0.141. The van der Waals surface area contributed by atoms with Gasteiger partial charge >= 0.3 is 5.97 Å². The first-order chi connectivity index (χ1) is 5.25. The molecular formula is C7H9NO2S. The molecule has 1 atom stereocenters. The molecule has 0 aliphatic carbocycles. The standard InChI is InChI=1S/C7H9NO2S/c1-5(7(9)10-2)6-3-8-4-11-6/h3-5H,1-2H3. The van der Waals surface area contributed by atoms with E-state index >= 15 is 0 Å². The molecule has 4 heteroatoms. The Morgan fingerprint density at radius 1 is 1.82 bits per heavy atom. The average Bonchev–Trinajstić information content (AvgIpc) is 2.53. The molecule has 0 fully saturated rings. The molecule has 0 amide bonds. The van der Waals surface area contributed by atoms with Crippen LogP contribution < -0.4 is 0 Å². The smallest absolute Gasteiger partial charge is 0.313 e. The van der Waals surface area contributed by atoms with E-state index in [1.165, 1.54) is 18.4 Å². The zero-order chi connectivity index (χ0) is 8.27. The quantitative estimate of drug-likeness (QED) is 0.632. The summed E-state index contributed by atoms with van der Waals surface area (Å²) in [5.74, 6) is -0.401. The van der Waals surface area contributed by atoms with Crippen LogP contribution in [0.4, 0.5) is 0 Å². The molecule has 0 N–H and O–H groups in total. The van der Waals surface area contributed by atoms with Crippen molar-refractivity contribution in [1.82, 2.24) is 4.98 Å². The van der Waals surface area contributed by atoms with E-state index < -0.39 is 0 Å². The van der Waals surface area contributed by atoms with Crippen LogP contribution in [-0.4, -0.2) is 18.1 Å². The number of thiazole rings is 1. The maximum absolute atomic E-state index is 11.0. The zero-order valence-corrected chi connectivity index (χ0v) is 7.22. The highest BCUT2D eigenvalue weighted by Crippen LogP contribution is 2.19. The third-order valence-electron chi connectivity index (χ3n) is 1.43. The molecule has 0 aliphatic rings. The monoisotopic (exact) mass is 171 g/mol. The van der Waals surface area contributed by atoms with Gasteiger partial charge in [0.05, 0.1) is 18.5 Å². The van der Waals surface area contributed by atoms with Gasteiger partial charge in [0, 0.05) is 11.1 Å². The Kier molecular flexibility index (Phi) is 2.59. The van der Waals surface area contributed by atoms with E-state index in [0.717, 1.165) is 4.88 Å². The molecule has 0 radical (unpaired) electrons. The van der Waals surface area contributed by atoms with Crippen LogP contribution in [0.1, 0.15) is 17.7 Å². The molecule has 0 saturated carbocycles. The SMILES string of the molecule is COC(=O)C(C)c1cncs1. The van der Waals surface area contributed by atoms with Crippen molar-refractivity contribution in [2.24, 2.45) is 0 Å². The van der Waals surface area contributed by atoms with Crippen LogP contribution in [0.2, 0.25) is 0 Å². The van der Waals surface area contributed by atoms with Crippen molar-refractivity contribution in [3.63, 3.8) is 0 Å². The lowest BCUT2D eigenvalue weighted by Gasteiger charge is -2.04. The van der Waals surface area contributed by atoms with E-state index in [9.17, 15) is 4.79 Å². The van der Waals surface area contributed by atoms with Crippen molar-refractivity contribution in [2.45, 2.75) is 12.8 Å². The number of rotatable bonds is 2. The molecule has 3 nitrogen and oxygen atoms in total. The van der Waals surface area contributed by atoms with E-state index in [1.807, 2.05) is 0 Å². The van der Waals surface area contributed by atoms with Gasteiger partial charge in [0.25, 0.3) is 0 Å². The molecule has 1 heterocycles. The van der Waals surface area contributed by atoms with Gasteiger partial charge in [-0.2, -0.15) is 0 Å². The van der Waals surface area contributed by atoms with Crippen LogP contribution in [0.5, 0.6) is 0 Å². The second-order valence-electron chi connectivity index (χ2n) is 2.15. The Balaban J connectivity index is 2.70. The number of ether oxygens (including phenoxy) is 1. The molecular weight excluding hydrogens is 162 g/mol. The first kappa shape index (κ1) is 8.20. The van der Waals surface area contributed by atoms with Crippen LogP contribution in [0.15, 0.2) is 11.7 Å². The van der Waals surface area contributed by atoms with Gasteiger partial charge in [-0.05, 0) is 6.92 Å². The molecule has 0 bridgehead atoms.